The molecule has 0 aromatic heterocycles. The van der Waals surface area contributed by atoms with E-state index >= 15 is 0 Å². The number of amides is 1. The molecule has 0 atom stereocenters. The number of hydrogen-bond donors (Lipinski definition) is 2. The Kier molecular flexibility index (Phi) is 3.77. The zero-order valence-electron chi connectivity index (χ0n) is 11.1. The van der Waals surface area contributed by atoms with E-state index in [0.717, 1.165) is 12.8 Å². The van der Waals surface area contributed by atoms with Crippen molar-refractivity contribution in [1.82, 2.24) is 5.32 Å². The van der Waals surface area contributed by atoms with E-state index in [0.29, 0.717) is 16.9 Å². The number of carbonyl (C=O) groups is 1. The van der Waals surface area contributed by atoms with Gasteiger partial charge in [0.15, 0.2) is 0 Å². The molecule has 100 valence electrons. The molecule has 0 bridgehead atoms. The van der Waals surface area contributed by atoms with Crippen LogP contribution >= 0.6 is 0 Å². The predicted octanol–water partition coefficient (Wildman–Crippen LogP) is 1.32. The zero-order valence-corrected chi connectivity index (χ0v) is 11.1. The Morgan fingerprint density at radius 1 is 1.53 bits per heavy atom. The first-order valence-electron chi connectivity index (χ1n) is 6.18. The summed E-state index contributed by atoms with van der Waals surface area (Å²) in [6.07, 6.45) is 2.04. The summed E-state index contributed by atoms with van der Waals surface area (Å²) >= 11 is 0. The number of hydrogen-bond acceptors (Lipinski definition) is 3. The Morgan fingerprint density at radius 2 is 2.26 bits per heavy atom. The van der Waals surface area contributed by atoms with Crippen molar-refractivity contribution >= 4 is 5.91 Å². The molecule has 1 amide bonds. The Bertz CT molecular complexity index is 550. The van der Waals surface area contributed by atoms with Gasteiger partial charge in [-0.25, -0.2) is 0 Å². The molecule has 0 saturated heterocycles. The minimum Gasteiger partial charge on any atom is -0.495 e. The largest absolute Gasteiger partial charge is 0.495 e. The van der Waals surface area contributed by atoms with E-state index in [4.69, 9.17) is 9.84 Å². The van der Waals surface area contributed by atoms with Gasteiger partial charge in [-0.1, -0.05) is 11.8 Å². The fourth-order valence-corrected chi connectivity index (χ4v) is 1.74. The average molecular weight is 259 g/mol. The quantitative estimate of drug-likeness (QED) is 0.805. The van der Waals surface area contributed by atoms with E-state index in [1.54, 1.807) is 25.3 Å². The summed E-state index contributed by atoms with van der Waals surface area (Å²) in [5.74, 6) is 5.83. The first-order chi connectivity index (χ1) is 9.08. The Hall–Kier alpha value is -1.99. The maximum absolute atomic E-state index is 12.1. The number of carbonyl (C=O) groups excluding carboxylic acids is 1. The number of ether oxygens (including phenoxy) is 1. The molecule has 1 aliphatic rings. The highest BCUT2D eigenvalue weighted by molar-refractivity contribution is 5.95. The van der Waals surface area contributed by atoms with Gasteiger partial charge in [0.25, 0.3) is 5.91 Å². The van der Waals surface area contributed by atoms with Crippen molar-refractivity contribution in [3.63, 3.8) is 0 Å². The number of nitrogens with one attached hydrogen (secondary N) is 1. The summed E-state index contributed by atoms with van der Waals surface area (Å²) in [6.45, 7) is 1.80. The predicted molar refractivity (Wildman–Crippen MR) is 72.1 cm³/mol. The number of aliphatic hydroxyl groups excluding tert-OH is 1. The van der Waals surface area contributed by atoms with Gasteiger partial charge in [0.2, 0.25) is 0 Å². The minimum atomic E-state index is -0.225. The number of methoxy groups -OCH3 is 1. The van der Waals surface area contributed by atoms with Crippen LogP contribution in [0.15, 0.2) is 18.2 Å². The van der Waals surface area contributed by atoms with Crippen molar-refractivity contribution in [2.24, 2.45) is 0 Å². The SMILES string of the molecule is COc1ccc(C(=O)NC2(C)CC2)cc1C#CCO. The van der Waals surface area contributed by atoms with Crippen molar-refractivity contribution < 1.29 is 14.6 Å². The van der Waals surface area contributed by atoms with Gasteiger partial charge in [0.1, 0.15) is 12.4 Å². The lowest BCUT2D eigenvalue weighted by atomic mass is 10.1. The van der Waals surface area contributed by atoms with E-state index in [1.807, 2.05) is 6.92 Å². The molecule has 19 heavy (non-hydrogen) atoms. The molecular formula is C15H17NO3. The lowest BCUT2D eigenvalue weighted by molar-refractivity contribution is 0.0935. The maximum atomic E-state index is 12.1. The molecule has 0 spiro atoms. The molecule has 2 N–H and O–H groups in total. The third-order valence-corrected chi connectivity index (χ3v) is 3.18. The number of rotatable bonds is 3. The fourth-order valence-electron chi connectivity index (χ4n) is 1.74. The average Bonchev–Trinajstić information content (AvgIpc) is 3.13. The summed E-state index contributed by atoms with van der Waals surface area (Å²) in [4.78, 5) is 12.1. The van der Waals surface area contributed by atoms with Crippen LogP contribution in [0.3, 0.4) is 0 Å². The van der Waals surface area contributed by atoms with Crippen molar-refractivity contribution in [1.29, 1.82) is 0 Å². The van der Waals surface area contributed by atoms with Gasteiger partial charge in [-0.2, -0.15) is 0 Å². The smallest absolute Gasteiger partial charge is 0.251 e. The summed E-state index contributed by atoms with van der Waals surface area (Å²) < 4.78 is 5.17. The molecular weight excluding hydrogens is 242 g/mol. The van der Waals surface area contributed by atoms with Gasteiger partial charge in [0.05, 0.1) is 12.7 Å². The third kappa shape index (κ3) is 3.27. The summed E-state index contributed by atoms with van der Waals surface area (Å²) in [7, 11) is 1.55. The molecule has 1 fully saturated rings. The Balaban J connectivity index is 2.23. The van der Waals surface area contributed by atoms with Gasteiger partial charge in [-0.15, -0.1) is 0 Å². The van der Waals surface area contributed by atoms with Crippen molar-refractivity contribution in [2.75, 3.05) is 13.7 Å². The second-order valence-corrected chi connectivity index (χ2v) is 4.89. The maximum Gasteiger partial charge on any atom is 0.251 e. The van der Waals surface area contributed by atoms with Crippen LogP contribution in [0.5, 0.6) is 5.75 Å². The van der Waals surface area contributed by atoms with Crippen LogP contribution in [0.1, 0.15) is 35.7 Å². The molecule has 0 aliphatic heterocycles. The van der Waals surface area contributed by atoms with Crippen LogP contribution in [0.25, 0.3) is 0 Å². The number of benzene rings is 1. The van der Waals surface area contributed by atoms with Crippen LogP contribution < -0.4 is 10.1 Å². The Morgan fingerprint density at radius 3 is 2.84 bits per heavy atom. The van der Waals surface area contributed by atoms with E-state index < -0.39 is 0 Å². The normalized spacial score (nSPS) is 15.1. The molecule has 2 rings (SSSR count). The van der Waals surface area contributed by atoms with E-state index in [2.05, 4.69) is 17.2 Å². The first-order valence-corrected chi connectivity index (χ1v) is 6.18. The molecule has 4 nitrogen and oxygen atoms in total. The molecule has 4 heteroatoms. The lowest BCUT2D eigenvalue weighted by Crippen LogP contribution is -2.34. The molecule has 0 unspecified atom stereocenters. The molecule has 1 aliphatic carbocycles. The van der Waals surface area contributed by atoms with Crippen LogP contribution in [0.2, 0.25) is 0 Å². The van der Waals surface area contributed by atoms with Gasteiger partial charge in [-0.3, -0.25) is 4.79 Å². The zero-order chi connectivity index (χ0) is 13.9. The fraction of sp³-hybridized carbons (Fsp3) is 0.400. The van der Waals surface area contributed by atoms with E-state index in [1.165, 1.54) is 0 Å². The molecule has 0 heterocycles. The molecule has 1 aromatic carbocycles. The number of aliphatic hydroxyl groups is 1. The van der Waals surface area contributed by atoms with Crippen LogP contribution in [0.4, 0.5) is 0 Å². The van der Waals surface area contributed by atoms with E-state index in [9.17, 15) is 4.79 Å². The highest BCUT2D eigenvalue weighted by Gasteiger charge is 2.38. The van der Waals surface area contributed by atoms with Crippen molar-refractivity contribution in [2.45, 2.75) is 25.3 Å². The standard InChI is InChI=1S/C15H17NO3/c1-15(7-8-15)16-14(18)12-5-6-13(19-2)11(10-12)4-3-9-17/h5-6,10,17H,7-9H2,1-2H3,(H,16,18). The van der Waals surface area contributed by atoms with Crippen molar-refractivity contribution in [3.05, 3.63) is 29.3 Å². The minimum absolute atomic E-state index is 0.0477. The summed E-state index contributed by atoms with van der Waals surface area (Å²) in [6, 6.07) is 5.11. The van der Waals surface area contributed by atoms with Gasteiger partial charge >= 0.3 is 0 Å². The summed E-state index contributed by atoms with van der Waals surface area (Å²) in [5, 5.41) is 11.7. The van der Waals surface area contributed by atoms with Crippen molar-refractivity contribution in [3.8, 4) is 17.6 Å². The van der Waals surface area contributed by atoms with E-state index in [-0.39, 0.29) is 18.1 Å². The molecule has 1 saturated carbocycles. The lowest BCUT2D eigenvalue weighted by Gasteiger charge is -2.12. The van der Waals surface area contributed by atoms with Crippen LogP contribution in [-0.4, -0.2) is 30.3 Å². The molecule has 0 radical (unpaired) electrons. The molecule has 1 aromatic rings. The highest BCUT2D eigenvalue weighted by Crippen LogP contribution is 2.34. The Labute approximate surface area is 112 Å². The highest BCUT2D eigenvalue weighted by atomic mass is 16.5. The van der Waals surface area contributed by atoms with Crippen LogP contribution in [0, 0.1) is 11.8 Å². The van der Waals surface area contributed by atoms with Gasteiger partial charge < -0.3 is 15.2 Å². The summed E-state index contributed by atoms with van der Waals surface area (Å²) in [5.41, 5.74) is 1.11. The van der Waals surface area contributed by atoms with Crippen LogP contribution in [-0.2, 0) is 0 Å². The second-order valence-electron chi connectivity index (χ2n) is 4.89. The monoisotopic (exact) mass is 259 g/mol. The topological polar surface area (TPSA) is 58.6 Å². The van der Waals surface area contributed by atoms with Gasteiger partial charge in [0, 0.05) is 11.1 Å². The first kappa shape index (κ1) is 13.4. The van der Waals surface area contributed by atoms with Gasteiger partial charge in [-0.05, 0) is 38.0 Å². The third-order valence-electron chi connectivity index (χ3n) is 3.18. The second kappa shape index (κ2) is 5.33.